The molecule has 0 amide bonds. The molecule has 0 N–H and O–H groups in total. The summed E-state index contributed by atoms with van der Waals surface area (Å²) in [6.45, 7) is 0. The summed E-state index contributed by atoms with van der Waals surface area (Å²) in [7, 11) is 0. The standard InChI is InChI=1S/C11H6ClN3S/c12-10-1-3-13-11(15-10)7-5-9-8(14-6-7)2-4-16-9/h1-6H. The Bertz CT molecular complexity index is 650. The van der Waals surface area contributed by atoms with Gasteiger partial charge in [0.25, 0.3) is 0 Å². The molecular weight excluding hydrogens is 242 g/mol. The molecule has 0 aliphatic carbocycles. The van der Waals surface area contributed by atoms with Crippen LogP contribution in [-0.4, -0.2) is 15.0 Å². The molecule has 0 saturated carbocycles. The van der Waals surface area contributed by atoms with Crippen molar-refractivity contribution in [1.82, 2.24) is 15.0 Å². The quantitative estimate of drug-likeness (QED) is 0.619. The number of aromatic nitrogens is 3. The molecule has 0 aliphatic heterocycles. The fourth-order valence-electron chi connectivity index (χ4n) is 1.44. The van der Waals surface area contributed by atoms with Crippen molar-refractivity contribution in [1.29, 1.82) is 0 Å². The van der Waals surface area contributed by atoms with Gasteiger partial charge < -0.3 is 0 Å². The molecule has 78 valence electrons. The van der Waals surface area contributed by atoms with Crippen molar-refractivity contribution in [2.75, 3.05) is 0 Å². The van der Waals surface area contributed by atoms with Crippen molar-refractivity contribution in [2.24, 2.45) is 0 Å². The van der Waals surface area contributed by atoms with Crippen LogP contribution in [0.15, 0.2) is 36.0 Å². The van der Waals surface area contributed by atoms with Crippen LogP contribution in [0.5, 0.6) is 0 Å². The van der Waals surface area contributed by atoms with Crippen molar-refractivity contribution in [2.45, 2.75) is 0 Å². The van der Waals surface area contributed by atoms with Crippen LogP contribution in [0.2, 0.25) is 5.15 Å². The number of hydrogen-bond donors (Lipinski definition) is 0. The van der Waals surface area contributed by atoms with E-state index in [1.165, 1.54) is 0 Å². The second-order valence-corrected chi connectivity index (χ2v) is 4.57. The predicted octanol–water partition coefficient (Wildman–Crippen LogP) is 3.41. The summed E-state index contributed by atoms with van der Waals surface area (Å²) >= 11 is 7.47. The normalized spacial score (nSPS) is 10.8. The summed E-state index contributed by atoms with van der Waals surface area (Å²) in [4.78, 5) is 12.7. The maximum Gasteiger partial charge on any atom is 0.162 e. The summed E-state index contributed by atoms with van der Waals surface area (Å²) in [5.74, 6) is 0.607. The molecule has 0 atom stereocenters. The van der Waals surface area contributed by atoms with Gasteiger partial charge in [0.15, 0.2) is 5.82 Å². The number of halogens is 1. The lowest BCUT2D eigenvalue weighted by atomic mass is 10.2. The number of thiophene rings is 1. The van der Waals surface area contributed by atoms with Crippen LogP contribution >= 0.6 is 22.9 Å². The Hall–Kier alpha value is -1.52. The van der Waals surface area contributed by atoms with Crippen LogP contribution in [0.25, 0.3) is 21.6 Å². The molecule has 0 saturated heterocycles. The van der Waals surface area contributed by atoms with Crippen molar-refractivity contribution >= 4 is 33.2 Å². The highest BCUT2D eigenvalue weighted by Crippen LogP contribution is 2.24. The number of fused-ring (bicyclic) bond motifs is 1. The SMILES string of the molecule is Clc1ccnc(-c2cnc3ccsc3c2)n1. The first-order chi connectivity index (χ1) is 7.83. The number of nitrogens with zero attached hydrogens (tertiary/aromatic N) is 3. The van der Waals surface area contributed by atoms with E-state index in [-0.39, 0.29) is 0 Å². The van der Waals surface area contributed by atoms with Crippen LogP contribution in [0.1, 0.15) is 0 Å². The third-order valence-electron chi connectivity index (χ3n) is 2.18. The second kappa shape index (κ2) is 3.81. The summed E-state index contributed by atoms with van der Waals surface area (Å²) in [5.41, 5.74) is 1.88. The van der Waals surface area contributed by atoms with E-state index in [0.717, 1.165) is 15.8 Å². The van der Waals surface area contributed by atoms with Crippen LogP contribution in [0.4, 0.5) is 0 Å². The van der Waals surface area contributed by atoms with E-state index in [1.54, 1.807) is 29.8 Å². The minimum absolute atomic E-state index is 0.441. The molecule has 0 aliphatic rings. The third kappa shape index (κ3) is 1.66. The van der Waals surface area contributed by atoms with E-state index < -0.39 is 0 Å². The molecule has 0 fully saturated rings. The second-order valence-electron chi connectivity index (χ2n) is 3.23. The maximum absolute atomic E-state index is 5.82. The largest absolute Gasteiger partial charge is 0.255 e. The molecule has 3 rings (SSSR count). The van der Waals surface area contributed by atoms with E-state index in [2.05, 4.69) is 15.0 Å². The summed E-state index contributed by atoms with van der Waals surface area (Å²) in [6, 6.07) is 5.67. The molecular formula is C11H6ClN3S. The summed E-state index contributed by atoms with van der Waals surface area (Å²) in [5, 5.41) is 2.46. The van der Waals surface area contributed by atoms with Gasteiger partial charge in [-0.3, -0.25) is 4.98 Å². The Kier molecular flexibility index (Phi) is 2.31. The molecule has 0 aromatic carbocycles. The van der Waals surface area contributed by atoms with Gasteiger partial charge in [-0.1, -0.05) is 11.6 Å². The first-order valence-corrected chi connectivity index (χ1v) is 5.91. The summed E-state index contributed by atoms with van der Waals surface area (Å²) < 4.78 is 1.13. The maximum atomic E-state index is 5.82. The highest BCUT2D eigenvalue weighted by Gasteiger charge is 2.04. The van der Waals surface area contributed by atoms with Crippen LogP contribution in [0, 0.1) is 0 Å². The molecule has 16 heavy (non-hydrogen) atoms. The molecule has 0 radical (unpaired) electrons. The van der Waals surface area contributed by atoms with Crippen LogP contribution in [0.3, 0.4) is 0 Å². The zero-order valence-corrected chi connectivity index (χ0v) is 9.66. The van der Waals surface area contributed by atoms with Gasteiger partial charge in [-0.25, -0.2) is 9.97 Å². The van der Waals surface area contributed by atoms with E-state index >= 15 is 0 Å². The van der Waals surface area contributed by atoms with Crippen molar-refractivity contribution in [3.63, 3.8) is 0 Å². The van der Waals surface area contributed by atoms with E-state index in [1.807, 2.05) is 17.5 Å². The molecule has 0 unspecified atom stereocenters. The summed E-state index contributed by atoms with van der Waals surface area (Å²) in [6.07, 6.45) is 3.41. The molecule has 3 aromatic rings. The first kappa shape index (κ1) is 9.69. The van der Waals surface area contributed by atoms with Gasteiger partial charge in [0.1, 0.15) is 5.15 Å². The topological polar surface area (TPSA) is 38.7 Å². The third-order valence-corrected chi connectivity index (χ3v) is 3.25. The minimum Gasteiger partial charge on any atom is -0.255 e. The van der Waals surface area contributed by atoms with Crippen molar-refractivity contribution < 1.29 is 0 Å². The zero-order chi connectivity index (χ0) is 11.0. The Morgan fingerprint density at radius 3 is 3.00 bits per heavy atom. The fourth-order valence-corrected chi connectivity index (χ4v) is 2.36. The average Bonchev–Trinajstić information content (AvgIpc) is 2.75. The Morgan fingerprint density at radius 1 is 1.19 bits per heavy atom. The zero-order valence-electron chi connectivity index (χ0n) is 8.09. The Morgan fingerprint density at radius 2 is 2.12 bits per heavy atom. The molecule has 0 bridgehead atoms. The van der Waals surface area contributed by atoms with E-state index in [4.69, 9.17) is 11.6 Å². The van der Waals surface area contributed by atoms with Crippen molar-refractivity contribution in [3.05, 3.63) is 41.1 Å². The first-order valence-electron chi connectivity index (χ1n) is 4.65. The lowest BCUT2D eigenvalue weighted by molar-refractivity contribution is 1.17. The monoisotopic (exact) mass is 247 g/mol. The van der Waals surface area contributed by atoms with Gasteiger partial charge in [-0.2, -0.15) is 0 Å². The van der Waals surface area contributed by atoms with Gasteiger partial charge in [-0.15, -0.1) is 11.3 Å². The smallest absolute Gasteiger partial charge is 0.162 e. The Labute approximate surface area is 101 Å². The van der Waals surface area contributed by atoms with Crippen LogP contribution < -0.4 is 0 Å². The molecule has 3 aromatic heterocycles. The molecule has 5 heteroatoms. The Balaban J connectivity index is 2.18. The van der Waals surface area contributed by atoms with Gasteiger partial charge in [0, 0.05) is 18.0 Å². The molecule has 3 heterocycles. The van der Waals surface area contributed by atoms with E-state index in [0.29, 0.717) is 11.0 Å². The fraction of sp³-hybridized carbons (Fsp3) is 0. The highest BCUT2D eigenvalue weighted by molar-refractivity contribution is 7.17. The number of pyridine rings is 1. The number of rotatable bonds is 1. The lowest BCUT2D eigenvalue weighted by Gasteiger charge is -1.99. The lowest BCUT2D eigenvalue weighted by Crippen LogP contribution is -1.88. The predicted molar refractivity (Wildman–Crippen MR) is 65.7 cm³/mol. The van der Waals surface area contributed by atoms with Crippen LogP contribution in [-0.2, 0) is 0 Å². The molecule has 0 spiro atoms. The van der Waals surface area contributed by atoms with Gasteiger partial charge in [0.05, 0.1) is 10.2 Å². The molecule has 3 nitrogen and oxygen atoms in total. The minimum atomic E-state index is 0.441. The van der Waals surface area contributed by atoms with Gasteiger partial charge in [-0.05, 0) is 23.6 Å². The van der Waals surface area contributed by atoms with Gasteiger partial charge >= 0.3 is 0 Å². The highest BCUT2D eigenvalue weighted by atomic mass is 35.5. The average molecular weight is 248 g/mol. The van der Waals surface area contributed by atoms with E-state index in [9.17, 15) is 0 Å². The van der Waals surface area contributed by atoms with Crippen molar-refractivity contribution in [3.8, 4) is 11.4 Å². The van der Waals surface area contributed by atoms with Gasteiger partial charge in [0.2, 0.25) is 0 Å². The number of hydrogen-bond acceptors (Lipinski definition) is 4.